The first-order valence-electron chi connectivity index (χ1n) is 11.9. The van der Waals surface area contributed by atoms with E-state index in [9.17, 15) is 4.79 Å². The van der Waals surface area contributed by atoms with E-state index in [1.807, 2.05) is 51.2 Å². The molecule has 3 aromatic rings. The van der Waals surface area contributed by atoms with Crippen LogP contribution in [-0.4, -0.2) is 54.1 Å². The van der Waals surface area contributed by atoms with E-state index in [1.54, 1.807) is 17.0 Å². The van der Waals surface area contributed by atoms with E-state index in [1.165, 1.54) is 0 Å². The zero-order valence-electron chi connectivity index (χ0n) is 20.0. The molecule has 0 aliphatic carbocycles. The van der Waals surface area contributed by atoms with Gasteiger partial charge in [0.05, 0.1) is 18.8 Å². The lowest BCUT2D eigenvalue weighted by atomic mass is 9.87. The summed E-state index contributed by atoms with van der Waals surface area (Å²) in [6, 6.07) is 12.9. The number of nitrogens with one attached hydrogen (secondary N) is 2. The highest BCUT2D eigenvalue weighted by atomic mass is 19.1. The first-order valence-corrected chi connectivity index (χ1v) is 11.9. The van der Waals surface area contributed by atoms with Crippen molar-refractivity contribution in [1.29, 1.82) is 0 Å². The van der Waals surface area contributed by atoms with E-state index in [0.29, 0.717) is 17.0 Å². The molecule has 0 radical (unpaired) electrons. The molecule has 1 aromatic heterocycles. The zero-order valence-corrected chi connectivity index (χ0v) is 20.0. The van der Waals surface area contributed by atoms with E-state index >= 15 is 4.39 Å². The van der Waals surface area contributed by atoms with Gasteiger partial charge in [0, 0.05) is 48.7 Å². The molecule has 6 nitrogen and oxygen atoms in total. The summed E-state index contributed by atoms with van der Waals surface area (Å²) in [5.41, 5.74) is 4.45. The Balaban J connectivity index is 1.34. The van der Waals surface area contributed by atoms with Crippen molar-refractivity contribution in [2.24, 2.45) is 0 Å². The van der Waals surface area contributed by atoms with Crippen LogP contribution in [-0.2, 0) is 10.4 Å². The third-order valence-corrected chi connectivity index (χ3v) is 7.11. The highest BCUT2D eigenvalue weighted by molar-refractivity contribution is 5.96. The number of halogens is 1. The summed E-state index contributed by atoms with van der Waals surface area (Å²) in [4.78, 5) is 23.1. The third kappa shape index (κ3) is 4.09. The summed E-state index contributed by atoms with van der Waals surface area (Å²) in [7, 11) is 1.83. The molecule has 0 unspecified atom stereocenters. The van der Waals surface area contributed by atoms with E-state index in [-0.39, 0.29) is 19.0 Å². The Morgan fingerprint density at radius 2 is 1.85 bits per heavy atom. The van der Waals surface area contributed by atoms with Crippen molar-refractivity contribution in [2.75, 3.05) is 38.7 Å². The Morgan fingerprint density at radius 3 is 2.53 bits per heavy atom. The third-order valence-electron chi connectivity index (χ3n) is 7.11. The zero-order chi connectivity index (χ0) is 23.9. The summed E-state index contributed by atoms with van der Waals surface area (Å²) in [6.45, 7) is 5.68. The van der Waals surface area contributed by atoms with Crippen LogP contribution in [0.25, 0.3) is 11.3 Å². The SMILES string of the molecule is CNc1ccc(C2(F)CN(C(=O)c3ccc(C)c(-c4nc(C5CCOCC5)[nH]c4C)c3)C2)cc1. The minimum absolute atomic E-state index is 0.0588. The largest absolute Gasteiger partial charge is 0.388 e. The second-order valence-corrected chi connectivity index (χ2v) is 9.47. The van der Waals surface area contributed by atoms with Gasteiger partial charge in [-0.1, -0.05) is 18.2 Å². The van der Waals surface area contributed by atoms with Crippen LogP contribution in [0.2, 0.25) is 0 Å². The smallest absolute Gasteiger partial charge is 0.254 e. The van der Waals surface area contributed by atoms with Gasteiger partial charge in [-0.05, 0) is 62.1 Å². The number of alkyl halides is 1. The summed E-state index contributed by atoms with van der Waals surface area (Å²) >= 11 is 0. The molecule has 2 fully saturated rings. The highest BCUT2D eigenvalue weighted by Crippen LogP contribution is 2.38. The van der Waals surface area contributed by atoms with Gasteiger partial charge >= 0.3 is 0 Å². The van der Waals surface area contributed by atoms with Gasteiger partial charge in [0.25, 0.3) is 5.91 Å². The number of hydrogen-bond acceptors (Lipinski definition) is 4. The van der Waals surface area contributed by atoms with Crippen LogP contribution in [0.1, 0.15) is 51.8 Å². The molecule has 7 heteroatoms. The van der Waals surface area contributed by atoms with Crippen LogP contribution in [0.4, 0.5) is 10.1 Å². The molecule has 5 rings (SSSR count). The van der Waals surface area contributed by atoms with Crippen LogP contribution in [0, 0.1) is 13.8 Å². The standard InChI is InChI=1S/C27H31FN4O2/c1-17-4-5-20(14-23(17)24-18(2)30-25(31-24)19-10-12-34-13-11-19)26(33)32-15-27(28,16-32)21-6-8-22(29-3)9-7-21/h4-9,14,19,29H,10-13,15-16H2,1-3H3,(H,30,31). The molecule has 2 aromatic carbocycles. The number of carbonyl (C=O) groups is 1. The number of ether oxygens (including phenoxy) is 1. The second kappa shape index (κ2) is 8.87. The van der Waals surface area contributed by atoms with Crippen LogP contribution in [0.5, 0.6) is 0 Å². The quantitative estimate of drug-likeness (QED) is 0.563. The van der Waals surface area contributed by atoms with Gasteiger partial charge in [0.1, 0.15) is 5.82 Å². The topological polar surface area (TPSA) is 70.2 Å². The number of anilines is 1. The maximum atomic E-state index is 15.4. The predicted molar refractivity (Wildman–Crippen MR) is 131 cm³/mol. The summed E-state index contributed by atoms with van der Waals surface area (Å²) in [6.07, 6.45) is 1.92. The van der Waals surface area contributed by atoms with E-state index < -0.39 is 5.67 Å². The van der Waals surface area contributed by atoms with Gasteiger partial charge < -0.3 is 19.9 Å². The number of amides is 1. The van der Waals surface area contributed by atoms with Gasteiger partial charge in [-0.2, -0.15) is 0 Å². The molecular formula is C27H31FN4O2. The normalized spacial score (nSPS) is 17.9. The molecule has 2 aliphatic heterocycles. The van der Waals surface area contributed by atoms with Crippen molar-refractivity contribution in [3.63, 3.8) is 0 Å². The number of rotatable bonds is 5. The molecule has 2 N–H and O–H groups in total. The molecule has 3 heterocycles. The molecule has 0 spiro atoms. The van der Waals surface area contributed by atoms with Gasteiger partial charge in [-0.3, -0.25) is 4.79 Å². The number of H-pyrrole nitrogens is 1. The number of carbonyl (C=O) groups excluding carboxylic acids is 1. The van der Waals surface area contributed by atoms with Crippen LogP contribution < -0.4 is 5.32 Å². The number of aromatic amines is 1. The summed E-state index contributed by atoms with van der Waals surface area (Å²) < 4.78 is 20.9. The molecule has 34 heavy (non-hydrogen) atoms. The Morgan fingerprint density at radius 1 is 1.15 bits per heavy atom. The Hall–Kier alpha value is -3.19. The average molecular weight is 463 g/mol. The van der Waals surface area contributed by atoms with E-state index in [0.717, 1.165) is 60.1 Å². The monoisotopic (exact) mass is 462 g/mol. The highest BCUT2D eigenvalue weighted by Gasteiger charge is 2.47. The minimum Gasteiger partial charge on any atom is -0.388 e. The van der Waals surface area contributed by atoms with Crippen molar-refractivity contribution >= 4 is 11.6 Å². The maximum Gasteiger partial charge on any atom is 0.254 e. The Kier molecular flexibility index (Phi) is 5.90. The number of imidazole rings is 1. The number of benzene rings is 2. The van der Waals surface area contributed by atoms with Crippen LogP contribution in [0.3, 0.4) is 0 Å². The number of aryl methyl sites for hydroxylation is 2. The minimum atomic E-state index is -1.51. The van der Waals surface area contributed by atoms with E-state index in [2.05, 4.69) is 10.3 Å². The lowest BCUT2D eigenvalue weighted by Gasteiger charge is -2.44. The average Bonchev–Trinajstić information content (AvgIpc) is 3.24. The van der Waals surface area contributed by atoms with Gasteiger partial charge in [0.2, 0.25) is 0 Å². The molecule has 1 amide bonds. The fourth-order valence-electron chi connectivity index (χ4n) is 4.92. The number of nitrogens with zero attached hydrogens (tertiary/aromatic N) is 2. The Bertz CT molecular complexity index is 1190. The molecule has 178 valence electrons. The van der Waals surface area contributed by atoms with Crippen molar-refractivity contribution in [2.45, 2.75) is 38.3 Å². The predicted octanol–water partition coefficient (Wildman–Crippen LogP) is 4.95. The Labute approximate surface area is 199 Å². The van der Waals surface area contributed by atoms with Crippen LogP contribution in [0.15, 0.2) is 42.5 Å². The maximum absolute atomic E-state index is 15.4. The molecule has 0 saturated carbocycles. The molecule has 0 atom stereocenters. The first kappa shape index (κ1) is 22.6. The van der Waals surface area contributed by atoms with Crippen LogP contribution >= 0.6 is 0 Å². The summed E-state index contributed by atoms with van der Waals surface area (Å²) in [5.74, 6) is 1.20. The van der Waals surface area contributed by atoms with Gasteiger partial charge in [-0.15, -0.1) is 0 Å². The fourth-order valence-corrected chi connectivity index (χ4v) is 4.92. The van der Waals surface area contributed by atoms with E-state index in [4.69, 9.17) is 9.72 Å². The summed E-state index contributed by atoms with van der Waals surface area (Å²) in [5, 5.41) is 3.04. The van der Waals surface area contributed by atoms with Gasteiger partial charge in [0.15, 0.2) is 5.67 Å². The number of aromatic nitrogens is 2. The molecule has 2 aliphatic rings. The molecule has 2 saturated heterocycles. The number of likely N-dealkylation sites (tertiary alicyclic amines) is 1. The lowest BCUT2D eigenvalue weighted by molar-refractivity contribution is -0.0231. The molecule has 0 bridgehead atoms. The number of hydrogen-bond donors (Lipinski definition) is 2. The van der Waals surface area contributed by atoms with Crippen molar-refractivity contribution < 1.29 is 13.9 Å². The van der Waals surface area contributed by atoms with Crippen molar-refractivity contribution in [1.82, 2.24) is 14.9 Å². The second-order valence-electron chi connectivity index (χ2n) is 9.47. The fraction of sp³-hybridized carbons (Fsp3) is 0.407. The van der Waals surface area contributed by atoms with Crippen molar-refractivity contribution in [3.05, 3.63) is 70.7 Å². The lowest BCUT2D eigenvalue weighted by Crippen LogP contribution is -2.58. The van der Waals surface area contributed by atoms with Crippen molar-refractivity contribution in [3.8, 4) is 11.3 Å². The van der Waals surface area contributed by atoms with Gasteiger partial charge in [-0.25, -0.2) is 9.37 Å². The molecular weight excluding hydrogens is 431 g/mol. The first-order chi connectivity index (χ1) is 16.4.